The van der Waals surface area contributed by atoms with Gasteiger partial charge in [-0.1, -0.05) is 31.9 Å². The molecular weight excluding hydrogens is 478 g/mol. The lowest BCUT2D eigenvalue weighted by atomic mass is 9.95. The summed E-state index contributed by atoms with van der Waals surface area (Å²) >= 11 is 6.71. The highest BCUT2D eigenvalue weighted by Crippen LogP contribution is 2.38. The van der Waals surface area contributed by atoms with Crippen LogP contribution in [-0.2, 0) is 14.4 Å². The molecule has 1 saturated heterocycles. The predicted molar refractivity (Wildman–Crippen MR) is 109 cm³/mol. The van der Waals surface area contributed by atoms with E-state index in [1.165, 1.54) is 11.9 Å². The van der Waals surface area contributed by atoms with Crippen LogP contribution in [0, 0.1) is 5.92 Å². The molecule has 27 heavy (non-hydrogen) atoms. The van der Waals surface area contributed by atoms with Gasteiger partial charge in [0.1, 0.15) is 17.7 Å². The van der Waals surface area contributed by atoms with Crippen LogP contribution >= 0.6 is 31.9 Å². The quantitative estimate of drug-likeness (QED) is 0.617. The van der Waals surface area contributed by atoms with Crippen molar-refractivity contribution < 1.29 is 14.4 Å². The number of anilines is 2. The molecule has 2 atom stereocenters. The fourth-order valence-corrected chi connectivity index (χ4v) is 3.89. The summed E-state index contributed by atoms with van der Waals surface area (Å²) in [4.78, 5) is 39.5. The van der Waals surface area contributed by atoms with Crippen LogP contribution in [0.15, 0.2) is 62.6 Å². The summed E-state index contributed by atoms with van der Waals surface area (Å²) in [6.07, 6.45) is 0. The normalized spacial score (nSPS) is 21.5. The van der Waals surface area contributed by atoms with Gasteiger partial charge in [0.2, 0.25) is 5.91 Å². The second-order valence-electron chi connectivity index (χ2n) is 6.27. The molecule has 2 aliphatic rings. The number of carbonyl (C=O) groups excluding carboxylic acids is 3. The largest absolute Gasteiger partial charge is 0.293 e. The van der Waals surface area contributed by atoms with Gasteiger partial charge in [-0.05, 0) is 48.5 Å². The highest BCUT2D eigenvalue weighted by atomic mass is 79.9. The molecule has 0 aliphatic carbocycles. The fraction of sp³-hybridized carbons (Fsp3) is 0.158. The van der Waals surface area contributed by atoms with Gasteiger partial charge in [0.15, 0.2) is 5.78 Å². The van der Waals surface area contributed by atoms with Crippen LogP contribution in [0.1, 0.15) is 6.92 Å². The summed E-state index contributed by atoms with van der Waals surface area (Å²) < 4.78 is 1.72. The van der Waals surface area contributed by atoms with Crippen molar-refractivity contribution in [1.82, 2.24) is 0 Å². The summed E-state index contributed by atoms with van der Waals surface area (Å²) in [6.45, 7) is 1.36. The predicted octanol–water partition coefficient (Wildman–Crippen LogP) is 3.53. The average molecular weight is 491 g/mol. The number of rotatable bonds is 3. The number of fused-ring (bicyclic) bond motifs is 1. The molecule has 2 aromatic rings. The minimum atomic E-state index is -0.901. The van der Waals surface area contributed by atoms with Crippen molar-refractivity contribution in [2.24, 2.45) is 11.0 Å². The smallest absolute Gasteiger partial charge is 0.259 e. The van der Waals surface area contributed by atoms with Crippen LogP contribution in [0.4, 0.5) is 11.4 Å². The Morgan fingerprint density at radius 1 is 0.889 bits per heavy atom. The Hall–Kier alpha value is -2.32. The van der Waals surface area contributed by atoms with Crippen LogP contribution in [0.25, 0.3) is 0 Å². The summed E-state index contributed by atoms with van der Waals surface area (Å²) in [5, 5.41) is 5.80. The number of hydrogen-bond acceptors (Lipinski definition) is 5. The average Bonchev–Trinajstić information content (AvgIpc) is 3.15. The van der Waals surface area contributed by atoms with Crippen molar-refractivity contribution >= 4 is 66.5 Å². The first-order valence-corrected chi connectivity index (χ1v) is 9.74. The molecule has 1 fully saturated rings. The molecule has 0 bridgehead atoms. The molecule has 0 saturated carbocycles. The number of nitrogens with zero attached hydrogens (tertiary/aromatic N) is 3. The minimum Gasteiger partial charge on any atom is -0.293 e. The number of carbonyl (C=O) groups is 3. The first kappa shape index (κ1) is 18.1. The molecule has 2 aromatic carbocycles. The van der Waals surface area contributed by atoms with E-state index in [0.717, 1.165) is 13.8 Å². The number of Topliss-reactive ketones (excluding diaryl/α,β-unsaturated/α-hetero) is 1. The zero-order chi connectivity index (χ0) is 19.3. The van der Waals surface area contributed by atoms with Gasteiger partial charge in [-0.2, -0.15) is 5.10 Å². The second kappa shape index (κ2) is 6.69. The monoisotopic (exact) mass is 489 g/mol. The number of ketones is 1. The Morgan fingerprint density at radius 3 is 1.93 bits per heavy atom. The maximum atomic E-state index is 13.2. The summed E-state index contributed by atoms with van der Waals surface area (Å²) in [5.74, 6) is -2.04. The van der Waals surface area contributed by atoms with E-state index in [2.05, 4.69) is 37.0 Å². The van der Waals surface area contributed by atoms with Crippen molar-refractivity contribution in [2.75, 3.05) is 9.91 Å². The molecule has 2 heterocycles. The number of hydrazone groups is 1. The zero-order valence-corrected chi connectivity index (χ0v) is 17.3. The van der Waals surface area contributed by atoms with Crippen molar-refractivity contribution in [3.63, 3.8) is 0 Å². The van der Waals surface area contributed by atoms with Crippen LogP contribution in [0.3, 0.4) is 0 Å². The molecule has 8 heteroatoms. The van der Waals surface area contributed by atoms with E-state index >= 15 is 0 Å². The van der Waals surface area contributed by atoms with Crippen molar-refractivity contribution in [2.45, 2.75) is 13.0 Å². The Balaban J connectivity index is 1.79. The SMILES string of the molecule is CC(=O)C1=NN(c2ccc(Br)cc2)[C@@H]2C(=O)N(c3ccc(Br)cc3)C(=O)[C@H]12. The van der Waals surface area contributed by atoms with Gasteiger partial charge in [-0.25, -0.2) is 4.90 Å². The maximum Gasteiger partial charge on any atom is 0.259 e. The van der Waals surface area contributed by atoms with E-state index in [9.17, 15) is 14.4 Å². The van der Waals surface area contributed by atoms with Crippen LogP contribution in [0.5, 0.6) is 0 Å². The van der Waals surface area contributed by atoms with E-state index in [1.54, 1.807) is 36.4 Å². The van der Waals surface area contributed by atoms with E-state index in [4.69, 9.17) is 0 Å². The maximum absolute atomic E-state index is 13.2. The summed E-state index contributed by atoms with van der Waals surface area (Å²) in [5.41, 5.74) is 1.23. The summed E-state index contributed by atoms with van der Waals surface area (Å²) in [6, 6.07) is 13.2. The lowest BCUT2D eigenvalue weighted by molar-refractivity contribution is -0.122. The van der Waals surface area contributed by atoms with Crippen LogP contribution in [0.2, 0.25) is 0 Å². The van der Waals surface area contributed by atoms with Gasteiger partial charge in [0.05, 0.1) is 11.4 Å². The standard InChI is InChI=1S/C19H13Br2N3O3/c1-10(25)16-15-17(24(22-16)14-8-4-12(21)5-9-14)19(27)23(18(15)26)13-6-2-11(20)3-7-13/h2-9,15,17H,1H3/t15-,17+/m1/s1. The van der Waals surface area contributed by atoms with Gasteiger partial charge >= 0.3 is 0 Å². The first-order valence-electron chi connectivity index (χ1n) is 8.16. The first-order chi connectivity index (χ1) is 12.9. The van der Waals surface area contributed by atoms with E-state index in [0.29, 0.717) is 11.4 Å². The minimum absolute atomic E-state index is 0.112. The zero-order valence-electron chi connectivity index (χ0n) is 14.1. The number of hydrogen-bond donors (Lipinski definition) is 0. The third-order valence-electron chi connectivity index (χ3n) is 4.59. The van der Waals surface area contributed by atoms with E-state index in [1.807, 2.05) is 12.1 Å². The molecule has 0 aromatic heterocycles. The number of benzene rings is 2. The molecule has 0 N–H and O–H groups in total. The topological polar surface area (TPSA) is 70.1 Å². The molecule has 0 radical (unpaired) electrons. The molecule has 0 spiro atoms. The number of halogens is 2. The lowest BCUT2D eigenvalue weighted by Crippen LogP contribution is -2.39. The van der Waals surface area contributed by atoms with Crippen molar-refractivity contribution in [3.05, 3.63) is 57.5 Å². The Labute approximate surface area is 172 Å². The van der Waals surface area contributed by atoms with E-state index < -0.39 is 23.8 Å². The Kier molecular flexibility index (Phi) is 4.47. The molecule has 2 aliphatic heterocycles. The molecule has 0 unspecified atom stereocenters. The van der Waals surface area contributed by atoms with Crippen LogP contribution < -0.4 is 9.91 Å². The van der Waals surface area contributed by atoms with Gasteiger partial charge < -0.3 is 0 Å². The van der Waals surface area contributed by atoms with Gasteiger partial charge in [-0.15, -0.1) is 0 Å². The van der Waals surface area contributed by atoms with E-state index in [-0.39, 0.29) is 11.5 Å². The van der Waals surface area contributed by atoms with Crippen molar-refractivity contribution in [1.29, 1.82) is 0 Å². The lowest BCUT2D eigenvalue weighted by Gasteiger charge is -2.22. The van der Waals surface area contributed by atoms with Crippen molar-refractivity contribution in [3.8, 4) is 0 Å². The van der Waals surface area contributed by atoms with Gasteiger partial charge in [0, 0.05) is 15.9 Å². The molecular formula is C19H13Br2N3O3. The highest BCUT2D eigenvalue weighted by Gasteiger charge is 2.58. The Morgan fingerprint density at radius 2 is 1.41 bits per heavy atom. The molecule has 4 rings (SSSR count). The highest BCUT2D eigenvalue weighted by molar-refractivity contribution is 9.10. The third-order valence-corrected chi connectivity index (χ3v) is 5.64. The second-order valence-corrected chi connectivity index (χ2v) is 8.10. The summed E-state index contributed by atoms with van der Waals surface area (Å²) in [7, 11) is 0. The Bertz CT molecular complexity index is 986. The third kappa shape index (κ3) is 2.93. The number of imide groups is 1. The molecule has 6 nitrogen and oxygen atoms in total. The molecule has 136 valence electrons. The van der Waals surface area contributed by atoms with Gasteiger partial charge in [-0.3, -0.25) is 19.4 Å². The van der Waals surface area contributed by atoms with Crippen LogP contribution in [-0.4, -0.2) is 29.4 Å². The number of amides is 2. The van der Waals surface area contributed by atoms with Gasteiger partial charge in [0.25, 0.3) is 5.91 Å². The fourth-order valence-electron chi connectivity index (χ4n) is 3.36. The molecule has 2 amide bonds.